The first-order chi connectivity index (χ1) is 7.45. The van der Waals surface area contributed by atoms with Gasteiger partial charge in [0.1, 0.15) is 12.4 Å². The van der Waals surface area contributed by atoms with Crippen LogP contribution in [0.25, 0.3) is 0 Å². The standard InChI is InChI=1S/C14H21NO/c1-9-6-7-10(14(2,3)4)13-12(9)11(15-5)8-16-13/h6-7,11,15H,8H2,1-5H3. The summed E-state index contributed by atoms with van der Waals surface area (Å²) in [6.07, 6.45) is 0. The highest BCUT2D eigenvalue weighted by Gasteiger charge is 2.30. The van der Waals surface area contributed by atoms with Crippen LogP contribution in [0.1, 0.15) is 43.5 Å². The second-order valence-electron chi connectivity index (χ2n) is 5.58. The normalized spacial score (nSPS) is 19.4. The largest absolute Gasteiger partial charge is 0.491 e. The van der Waals surface area contributed by atoms with Crippen molar-refractivity contribution in [1.29, 1.82) is 0 Å². The molecule has 0 saturated heterocycles. The lowest BCUT2D eigenvalue weighted by Crippen LogP contribution is -2.18. The zero-order valence-electron chi connectivity index (χ0n) is 10.8. The van der Waals surface area contributed by atoms with Gasteiger partial charge in [0.25, 0.3) is 0 Å². The summed E-state index contributed by atoms with van der Waals surface area (Å²) in [5, 5.41) is 3.31. The van der Waals surface area contributed by atoms with Gasteiger partial charge in [0.15, 0.2) is 0 Å². The number of aryl methyl sites for hydroxylation is 1. The van der Waals surface area contributed by atoms with E-state index in [9.17, 15) is 0 Å². The molecule has 2 nitrogen and oxygen atoms in total. The lowest BCUT2D eigenvalue weighted by molar-refractivity contribution is 0.312. The van der Waals surface area contributed by atoms with Crippen LogP contribution < -0.4 is 10.1 Å². The number of ether oxygens (including phenoxy) is 1. The Labute approximate surface area is 98.0 Å². The molecule has 0 aromatic heterocycles. The van der Waals surface area contributed by atoms with Gasteiger partial charge in [-0.1, -0.05) is 32.9 Å². The van der Waals surface area contributed by atoms with E-state index in [0.717, 1.165) is 12.4 Å². The summed E-state index contributed by atoms with van der Waals surface area (Å²) >= 11 is 0. The van der Waals surface area contributed by atoms with E-state index in [1.807, 2.05) is 7.05 Å². The molecule has 0 saturated carbocycles. The monoisotopic (exact) mass is 219 g/mol. The second-order valence-corrected chi connectivity index (χ2v) is 5.58. The molecule has 0 aliphatic carbocycles. The molecule has 1 aliphatic rings. The Morgan fingerprint density at radius 1 is 1.31 bits per heavy atom. The summed E-state index contributed by atoms with van der Waals surface area (Å²) in [5.41, 5.74) is 4.11. The molecule has 0 bridgehead atoms. The minimum atomic E-state index is 0.139. The van der Waals surface area contributed by atoms with Crippen LogP contribution in [0.4, 0.5) is 0 Å². The number of fused-ring (bicyclic) bond motifs is 1. The van der Waals surface area contributed by atoms with Gasteiger partial charge >= 0.3 is 0 Å². The quantitative estimate of drug-likeness (QED) is 0.784. The first-order valence-electron chi connectivity index (χ1n) is 5.89. The average molecular weight is 219 g/mol. The predicted octanol–water partition coefficient (Wildman–Crippen LogP) is 2.95. The molecule has 0 amide bonds. The van der Waals surface area contributed by atoms with E-state index in [1.165, 1.54) is 16.7 Å². The molecule has 0 fully saturated rings. The Morgan fingerprint density at radius 3 is 2.56 bits per heavy atom. The fourth-order valence-electron chi connectivity index (χ4n) is 2.35. The molecule has 16 heavy (non-hydrogen) atoms. The van der Waals surface area contributed by atoms with Crippen LogP contribution in [0.2, 0.25) is 0 Å². The number of hydrogen-bond acceptors (Lipinski definition) is 2. The summed E-state index contributed by atoms with van der Waals surface area (Å²) in [6, 6.07) is 4.75. The minimum absolute atomic E-state index is 0.139. The van der Waals surface area contributed by atoms with E-state index < -0.39 is 0 Å². The maximum Gasteiger partial charge on any atom is 0.128 e. The van der Waals surface area contributed by atoms with Crippen LogP contribution in [0.3, 0.4) is 0 Å². The van der Waals surface area contributed by atoms with E-state index in [1.54, 1.807) is 0 Å². The van der Waals surface area contributed by atoms with Crippen molar-refractivity contribution in [3.63, 3.8) is 0 Å². The molecule has 1 heterocycles. The molecule has 2 heteroatoms. The minimum Gasteiger partial charge on any atom is -0.491 e. The van der Waals surface area contributed by atoms with E-state index >= 15 is 0 Å². The predicted molar refractivity (Wildman–Crippen MR) is 67.2 cm³/mol. The van der Waals surface area contributed by atoms with Gasteiger partial charge in [-0.2, -0.15) is 0 Å². The summed E-state index contributed by atoms with van der Waals surface area (Å²) in [4.78, 5) is 0. The molecular formula is C14H21NO. The highest BCUT2D eigenvalue weighted by molar-refractivity contribution is 5.52. The molecular weight excluding hydrogens is 198 g/mol. The van der Waals surface area contributed by atoms with Gasteiger partial charge in [0, 0.05) is 5.56 Å². The third-order valence-electron chi connectivity index (χ3n) is 3.31. The van der Waals surface area contributed by atoms with Gasteiger partial charge in [-0.3, -0.25) is 0 Å². The Balaban J connectivity index is 2.58. The molecule has 1 aromatic carbocycles. The Bertz CT molecular complexity index is 404. The van der Waals surface area contributed by atoms with E-state index in [-0.39, 0.29) is 5.41 Å². The molecule has 88 valence electrons. The number of hydrogen-bond donors (Lipinski definition) is 1. The Morgan fingerprint density at radius 2 is 2.00 bits per heavy atom. The fourth-order valence-corrected chi connectivity index (χ4v) is 2.35. The Kier molecular flexibility index (Phi) is 2.70. The number of likely N-dealkylation sites (N-methyl/N-ethyl adjacent to an activating group) is 1. The lowest BCUT2D eigenvalue weighted by Gasteiger charge is -2.22. The van der Waals surface area contributed by atoms with Gasteiger partial charge in [-0.15, -0.1) is 0 Å². The molecule has 0 radical (unpaired) electrons. The van der Waals surface area contributed by atoms with Crippen LogP contribution in [-0.4, -0.2) is 13.7 Å². The van der Waals surface area contributed by atoms with Crippen molar-refractivity contribution in [3.05, 3.63) is 28.8 Å². The van der Waals surface area contributed by atoms with Gasteiger partial charge in [0.2, 0.25) is 0 Å². The molecule has 0 spiro atoms. The van der Waals surface area contributed by atoms with Gasteiger partial charge < -0.3 is 10.1 Å². The molecule has 1 aliphatic heterocycles. The SMILES string of the molecule is CNC1COc2c(C(C)(C)C)ccc(C)c21. The third kappa shape index (κ3) is 1.71. The molecule has 1 N–H and O–H groups in total. The van der Waals surface area contributed by atoms with Crippen molar-refractivity contribution in [1.82, 2.24) is 5.32 Å². The molecule has 2 rings (SSSR count). The van der Waals surface area contributed by atoms with Gasteiger partial charge in [-0.25, -0.2) is 0 Å². The van der Waals surface area contributed by atoms with Crippen molar-refractivity contribution >= 4 is 0 Å². The maximum absolute atomic E-state index is 5.88. The second kappa shape index (κ2) is 3.77. The zero-order valence-corrected chi connectivity index (χ0v) is 10.8. The van der Waals surface area contributed by atoms with Crippen LogP contribution in [0.5, 0.6) is 5.75 Å². The maximum atomic E-state index is 5.88. The van der Waals surface area contributed by atoms with E-state index in [2.05, 4.69) is 45.1 Å². The average Bonchev–Trinajstić information content (AvgIpc) is 2.60. The number of benzene rings is 1. The third-order valence-corrected chi connectivity index (χ3v) is 3.31. The first-order valence-corrected chi connectivity index (χ1v) is 5.89. The number of nitrogens with one attached hydrogen (secondary N) is 1. The summed E-state index contributed by atoms with van der Waals surface area (Å²) < 4.78 is 5.88. The highest BCUT2D eigenvalue weighted by atomic mass is 16.5. The fraction of sp³-hybridized carbons (Fsp3) is 0.571. The van der Waals surface area contributed by atoms with E-state index in [0.29, 0.717) is 6.04 Å². The van der Waals surface area contributed by atoms with Crippen molar-refractivity contribution in [2.45, 2.75) is 39.2 Å². The molecule has 1 aromatic rings. The Hall–Kier alpha value is -1.02. The summed E-state index contributed by atoms with van der Waals surface area (Å²) in [7, 11) is 1.99. The van der Waals surface area contributed by atoms with Gasteiger partial charge in [0.05, 0.1) is 6.04 Å². The van der Waals surface area contributed by atoms with Crippen molar-refractivity contribution in [2.24, 2.45) is 0 Å². The van der Waals surface area contributed by atoms with Crippen molar-refractivity contribution in [2.75, 3.05) is 13.7 Å². The molecule has 1 unspecified atom stereocenters. The number of rotatable bonds is 1. The lowest BCUT2D eigenvalue weighted by atomic mass is 9.84. The van der Waals surface area contributed by atoms with Crippen molar-refractivity contribution in [3.8, 4) is 5.75 Å². The van der Waals surface area contributed by atoms with Crippen LogP contribution in [0.15, 0.2) is 12.1 Å². The topological polar surface area (TPSA) is 21.3 Å². The smallest absolute Gasteiger partial charge is 0.128 e. The van der Waals surface area contributed by atoms with Crippen molar-refractivity contribution < 1.29 is 4.74 Å². The van der Waals surface area contributed by atoms with E-state index in [4.69, 9.17) is 4.74 Å². The molecule has 1 atom stereocenters. The highest BCUT2D eigenvalue weighted by Crippen LogP contribution is 2.42. The summed E-state index contributed by atoms with van der Waals surface area (Å²) in [5.74, 6) is 1.10. The van der Waals surface area contributed by atoms with Crippen LogP contribution in [-0.2, 0) is 5.41 Å². The van der Waals surface area contributed by atoms with Crippen LogP contribution in [0, 0.1) is 6.92 Å². The summed E-state index contributed by atoms with van der Waals surface area (Å²) in [6.45, 7) is 9.60. The van der Waals surface area contributed by atoms with Crippen LogP contribution >= 0.6 is 0 Å². The first kappa shape index (κ1) is 11.5. The zero-order chi connectivity index (χ0) is 11.9. The van der Waals surface area contributed by atoms with Gasteiger partial charge in [-0.05, 0) is 30.5 Å².